The zero-order valence-corrected chi connectivity index (χ0v) is 19.0. The summed E-state index contributed by atoms with van der Waals surface area (Å²) in [6.07, 6.45) is 3.25. The second-order valence-corrected chi connectivity index (χ2v) is 8.92. The van der Waals surface area contributed by atoms with E-state index in [2.05, 4.69) is 4.98 Å². The number of amides is 1. The number of piperazine rings is 1. The first-order valence-corrected chi connectivity index (χ1v) is 11.7. The van der Waals surface area contributed by atoms with Gasteiger partial charge in [0, 0.05) is 44.0 Å². The van der Waals surface area contributed by atoms with Gasteiger partial charge in [0.25, 0.3) is 5.91 Å². The topological polar surface area (TPSA) is 102 Å². The summed E-state index contributed by atoms with van der Waals surface area (Å²) in [6, 6.07) is 14.4. The first kappa shape index (κ1) is 21.8. The number of carbonyl (C=O) groups is 1. The van der Waals surface area contributed by atoms with Gasteiger partial charge in [0.05, 0.1) is 21.9 Å². The molecule has 172 valence electrons. The number of benzene rings is 1. The molecule has 5 rings (SSSR count). The Morgan fingerprint density at radius 2 is 1.76 bits per heavy atom. The number of rotatable bonds is 5. The average Bonchev–Trinajstić information content (AvgIpc) is 3.40. The molecule has 0 bridgehead atoms. The van der Waals surface area contributed by atoms with Crippen molar-refractivity contribution in [2.45, 2.75) is 6.54 Å². The summed E-state index contributed by atoms with van der Waals surface area (Å²) in [4.78, 5) is 46.0. The van der Waals surface area contributed by atoms with Crippen LogP contribution in [0.25, 0.3) is 10.9 Å². The molecule has 1 aliphatic heterocycles. The molecule has 1 aromatic carbocycles. The van der Waals surface area contributed by atoms with Gasteiger partial charge in [-0.2, -0.15) is 0 Å². The van der Waals surface area contributed by atoms with Gasteiger partial charge in [-0.05, 0) is 35.2 Å². The summed E-state index contributed by atoms with van der Waals surface area (Å²) >= 11 is 1.39. The van der Waals surface area contributed by atoms with Crippen LogP contribution in [0.5, 0.6) is 0 Å². The van der Waals surface area contributed by atoms with E-state index >= 15 is 0 Å². The van der Waals surface area contributed by atoms with Crippen molar-refractivity contribution in [2.24, 2.45) is 0 Å². The Balaban J connectivity index is 1.55. The predicted molar refractivity (Wildman–Crippen MR) is 131 cm³/mol. The number of hydrogen-bond donors (Lipinski definition) is 0. The van der Waals surface area contributed by atoms with Crippen molar-refractivity contribution in [2.75, 3.05) is 31.1 Å². The van der Waals surface area contributed by atoms with Crippen LogP contribution in [0.2, 0.25) is 0 Å². The van der Waals surface area contributed by atoms with E-state index in [0.29, 0.717) is 47.6 Å². The van der Waals surface area contributed by atoms with Crippen molar-refractivity contribution >= 4 is 39.5 Å². The normalized spacial score (nSPS) is 13.9. The van der Waals surface area contributed by atoms with Gasteiger partial charge in [-0.15, -0.1) is 11.3 Å². The standard InChI is InChI=1S/C24H21N5O4S/c30-23(20-6-3-15-34-20)27-13-11-26(12-14-27)21-18-4-1-2-5-19(18)28(24(31)22(21)29(32)33)16-17-7-9-25-10-8-17/h1-10,15H,11-14,16H2. The third kappa shape index (κ3) is 3.92. The quantitative estimate of drug-likeness (QED) is 0.324. The van der Waals surface area contributed by atoms with Gasteiger partial charge in [-0.1, -0.05) is 24.3 Å². The summed E-state index contributed by atoms with van der Waals surface area (Å²) < 4.78 is 1.45. The molecule has 0 saturated carbocycles. The zero-order chi connectivity index (χ0) is 23.7. The van der Waals surface area contributed by atoms with Crippen molar-refractivity contribution in [3.8, 4) is 0 Å². The molecule has 4 heterocycles. The molecule has 10 heteroatoms. The number of hydrogen-bond acceptors (Lipinski definition) is 7. The van der Waals surface area contributed by atoms with Gasteiger partial charge in [0.15, 0.2) is 0 Å². The van der Waals surface area contributed by atoms with Crippen molar-refractivity contribution in [1.29, 1.82) is 0 Å². The molecule has 0 unspecified atom stereocenters. The van der Waals surface area contributed by atoms with E-state index in [-0.39, 0.29) is 12.5 Å². The van der Waals surface area contributed by atoms with Crippen LogP contribution < -0.4 is 10.5 Å². The number of anilines is 1. The molecule has 4 aromatic rings. The van der Waals surface area contributed by atoms with Crippen LogP contribution in [0, 0.1) is 10.1 Å². The smallest absolute Gasteiger partial charge is 0.357 e. The Kier molecular flexibility index (Phi) is 5.81. The summed E-state index contributed by atoms with van der Waals surface area (Å²) in [6.45, 7) is 1.84. The number of thiophene rings is 1. The van der Waals surface area contributed by atoms with E-state index in [4.69, 9.17) is 0 Å². The number of nitro groups is 1. The van der Waals surface area contributed by atoms with Gasteiger partial charge in [-0.25, -0.2) is 0 Å². The first-order chi connectivity index (χ1) is 16.5. The molecule has 0 spiro atoms. The summed E-state index contributed by atoms with van der Waals surface area (Å²) in [5.41, 5.74) is 0.685. The molecule has 1 fully saturated rings. The molecule has 0 radical (unpaired) electrons. The maximum Gasteiger partial charge on any atom is 0.357 e. The van der Waals surface area contributed by atoms with Gasteiger partial charge >= 0.3 is 11.2 Å². The Labute approximate surface area is 198 Å². The highest BCUT2D eigenvalue weighted by Crippen LogP contribution is 2.34. The fourth-order valence-electron chi connectivity index (χ4n) is 4.38. The van der Waals surface area contributed by atoms with Crippen molar-refractivity contribution in [1.82, 2.24) is 14.5 Å². The SMILES string of the molecule is O=C(c1cccs1)N1CCN(c2c([N+](=O)[O-])c(=O)n(Cc3ccncc3)c3ccccc23)CC1. The number of nitrogens with zero attached hydrogens (tertiary/aromatic N) is 5. The van der Waals surface area contributed by atoms with Crippen LogP contribution in [0.1, 0.15) is 15.2 Å². The monoisotopic (exact) mass is 475 g/mol. The van der Waals surface area contributed by atoms with Gasteiger partial charge in [0.2, 0.25) is 0 Å². The highest BCUT2D eigenvalue weighted by Gasteiger charge is 2.32. The Bertz CT molecular complexity index is 1410. The molecule has 9 nitrogen and oxygen atoms in total. The van der Waals surface area contributed by atoms with Crippen LogP contribution in [0.4, 0.5) is 11.4 Å². The van der Waals surface area contributed by atoms with Crippen LogP contribution >= 0.6 is 11.3 Å². The molecule has 1 amide bonds. The second-order valence-electron chi connectivity index (χ2n) is 7.97. The minimum Gasteiger partial charge on any atom is -0.362 e. The summed E-state index contributed by atoms with van der Waals surface area (Å²) in [5, 5.41) is 14.7. The van der Waals surface area contributed by atoms with E-state index in [1.54, 1.807) is 35.5 Å². The molecule has 0 atom stereocenters. The molecule has 1 aliphatic rings. The number of carbonyl (C=O) groups excluding carboxylic acids is 1. The van der Waals surface area contributed by atoms with Crippen LogP contribution in [0.3, 0.4) is 0 Å². The fraction of sp³-hybridized carbons (Fsp3) is 0.208. The van der Waals surface area contributed by atoms with E-state index < -0.39 is 16.2 Å². The van der Waals surface area contributed by atoms with Gasteiger partial charge in [-0.3, -0.25) is 29.3 Å². The largest absolute Gasteiger partial charge is 0.362 e. The Morgan fingerprint density at radius 1 is 1.03 bits per heavy atom. The molecule has 1 saturated heterocycles. The third-order valence-corrected chi connectivity index (χ3v) is 6.87. The number of fused-ring (bicyclic) bond motifs is 1. The molecule has 0 aliphatic carbocycles. The van der Waals surface area contributed by atoms with E-state index in [1.807, 2.05) is 40.6 Å². The third-order valence-electron chi connectivity index (χ3n) is 6.01. The van der Waals surface area contributed by atoms with Crippen LogP contribution in [0.15, 0.2) is 71.1 Å². The molecule has 0 N–H and O–H groups in total. The average molecular weight is 476 g/mol. The van der Waals surface area contributed by atoms with Gasteiger partial charge in [0.1, 0.15) is 5.69 Å². The highest BCUT2D eigenvalue weighted by molar-refractivity contribution is 7.12. The lowest BCUT2D eigenvalue weighted by molar-refractivity contribution is -0.385. The lowest BCUT2D eigenvalue weighted by Gasteiger charge is -2.36. The minimum atomic E-state index is -0.646. The zero-order valence-electron chi connectivity index (χ0n) is 18.2. The van der Waals surface area contributed by atoms with Crippen molar-refractivity contribution < 1.29 is 9.72 Å². The molecule has 3 aromatic heterocycles. The lowest BCUT2D eigenvalue weighted by atomic mass is 10.1. The molecule has 34 heavy (non-hydrogen) atoms. The van der Waals surface area contributed by atoms with Crippen LogP contribution in [-0.2, 0) is 6.54 Å². The van der Waals surface area contributed by atoms with Gasteiger partial charge < -0.3 is 9.80 Å². The Morgan fingerprint density at radius 3 is 2.44 bits per heavy atom. The van der Waals surface area contributed by atoms with Crippen molar-refractivity contribution in [3.63, 3.8) is 0 Å². The van der Waals surface area contributed by atoms with Crippen LogP contribution in [-0.4, -0.2) is 51.5 Å². The maximum atomic E-state index is 13.4. The molecular formula is C24H21N5O4S. The van der Waals surface area contributed by atoms with E-state index in [1.165, 1.54) is 15.9 Å². The summed E-state index contributed by atoms with van der Waals surface area (Å²) in [7, 11) is 0. The minimum absolute atomic E-state index is 0.0400. The Hall–Kier alpha value is -4.05. The molecular weight excluding hydrogens is 454 g/mol. The fourth-order valence-corrected chi connectivity index (χ4v) is 5.07. The predicted octanol–water partition coefficient (Wildman–Crippen LogP) is 3.38. The lowest BCUT2D eigenvalue weighted by Crippen LogP contribution is -2.49. The summed E-state index contributed by atoms with van der Waals surface area (Å²) in [5.74, 6) is -0.0400. The number of pyridine rings is 2. The van der Waals surface area contributed by atoms with E-state index in [9.17, 15) is 19.7 Å². The van der Waals surface area contributed by atoms with E-state index in [0.717, 1.165) is 5.56 Å². The maximum absolute atomic E-state index is 13.4. The first-order valence-electron chi connectivity index (χ1n) is 10.8. The number of aromatic nitrogens is 2. The second kappa shape index (κ2) is 9.06. The highest BCUT2D eigenvalue weighted by atomic mass is 32.1. The van der Waals surface area contributed by atoms with Crippen molar-refractivity contribution in [3.05, 3.63) is 97.2 Å². The number of para-hydroxylation sites is 1.